The van der Waals surface area contributed by atoms with Crippen molar-refractivity contribution in [3.8, 4) is 0 Å². The number of nitrogens with two attached hydrogens (primary N) is 1. The van der Waals surface area contributed by atoms with Gasteiger partial charge in [-0.2, -0.15) is 0 Å². The van der Waals surface area contributed by atoms with Crippen LogP contribution >= 0.6 is 0 Å². The summed E-state index contributed by atoms with van der Waals surface area (Å²) in [5.74, 6) is 0.942. The molecule has 0 aliphatic carbocycles. The van der Waals surface area contributed by atoms with Crippen molar-refractivity contribution in [2.24, 2.45) is 5.73 Å². The zero-order valence-electron chi connectivity index (χ0n) is 15.4. The Hall–Kier alpha value is -3.43. The SMILES string of the molecule is CCNc1cnc(N2CCN(c3nc4c(C(N)=O)cc(F)cc4[nH]3)CC2)cn1. The van der Waals surface area contributed by atoms with Gasteiger partial charge in [-0.1, -0.05) is 0 Å². The van der Waals surface area contributed by atoms with Crippen LogP contribution in [0.4, 0.5) is 22.0 Å². The van der Waals surface area contributed by atoms with Crippen LogP contribution in [0, 0.1) is 5.82 Å². The first-order chi connectivity index (χ1) is 13.5. The molecule has 2 aromatic heterocycles. The molecule has 1 aliphatic heterocycles. The number of nitrogens with zero attached hydrogens (tertiary/aromatic N) is 5. The van der Waals surface area contributed by atoms with Crippen molar-refractivity contribution in [3.63, 3.8) is 0 Å². The molecule has 0 radical (unpaired) electrons. The number of imidazole rings is 1. The van der Waals surface area contributed by atoms with Crippen LogP contribution in [0.5, 0.6) is 0 Å². The maximum atomic E-state index is 13.7. The Morgan fingerprint density at radius 3 is 2.61 bits per heavy atom. The first-order valence-electron chi connectivity index (χ1n) is 9.10. The number of rotatable bonds is 5. The monoisotopic (exact) mass is 384 g/mol. The van der Waals surface area contributed by atoms with E-state index in [4.69, 9.17) is 5.73 Å². The highest BCUT2D eigenvalue weighted by Crippen LogP contribution is 2.24. The summed E-state index contributed by atoms with van der Waals surface area (Å²) >= 11 is 0. The van der Waals surface area contributed by atoms with Gasteiger partial charge in [0.15, 0.2) is 0 Å². The minimum Gasteiger partial charge on any atom is -0.369 e. The van der Waals surface area contributed by atoms with Crippen LogP contribution in [0.15, 0.2) is 24.5 Å². The Morgan fingerprint density at radius 2 is 1.96 bits per heavy atom. The van der Waals surface area contributed by atoms with Crippen molar-refractivity contribution in [3.05, 3.63) is 35.9 Å². The van der Waals surface area contributed by atoms with E-state index in [-0.39, 0.29) is 5.56 Å². The standard InChI is InChI=1S/C18H21FN8O/c1-2-21-14-9-23-15(10-22-14)26-3-5-27(6-4-26)18-24-13-8-11(19)7-12(17(20)28)16(13)25-18/h7-10H,2-6H2,1H3,(H2,20,28)(H,21,22)(H,24,25). The number of aromatic nitrogens is 4. The van der Waals surface area contributed by atoms with E-state index < -0.39 is 11.7 Å². The van der Waals surface area contributed by atoms with Crippen molar-refractivity contribution in [1.82, 2.24) is 19.9 Å². The van der Waals surface area contributed by atoms with Crippen molar-refractivity contribution in [2.45, 2.75) is 6.92 Å². The lowest BCUT2D eigenvalue weighted by Crippen LogP contribution is -2.47. The fourth-order valence-electron chi connectivity index (χ4n) is 3.31. The number of amides is 1. The Morgan fingerprint density at radius 1 is 1.21 bits per heavy atom. The average molecular weight is 384 g/mol. The number of benzene rings is 1. The normalized spacial score (nSPS) is 14.5. The van der Waals surface area contributed by atoms with Crippen LogP contribution in [-0.2, 0) is 0 Å². The topological polar surface area (TPSA) is 116 Å². The van der Waals surface area contributed by atoms with Crippen LogP contribution in [-0.4, -0.2) is 58.6 Å². The number of primary amides is 1. The summed E-state index contributed by atoms with van der Waals surface area (Å²) in [5.41, 5.74) is 6.27. The van der Waals surface area contributed by atoms with E-state index in [1.165, 1.54) is 6.07 Å². The summed E-state index contributed by atoms with van der Waals surface area (Å²) in [6, 6.07) is 2.43. The number of fused-ring (bicyclic) bond motifs is 1. The van der Waals surface area contributed by atoms with Gasteiger partial charge >= 0.3 is 0 Å². The number of halogens is 1. The first-order valence-corrected chi connectivity index (χ1v) is 9.10. The molecule has 3 aromatic rings. The highest BCUT2D eigenvalue weighted by atomic mass is 19.1. The lowest BCUT2D eigenvalue weighted by molar-refractivity contribution is 0.100. The molecular formula is C18H21FN8O. The number of piperazine rings is 1. The van der Waals surface area contributed by atoms with Gasteiger partial charge < -0.3 is 25.8 Å². The highest BCUT2D eigenvalue weighted by molar-refractivity contribution is 6.04. The van der Waals surface area contributed by atoms with E-state index in [1.807, 2.05) is 6.92 Å². The van der Waals surface area contributed by atoms with E-state index in [9.17, 15) is 9.18 Å². The van der Waals surface area contributed by atoms with Crippen molar-refractivity contribution >= 4 is 34.5 Å². The average Bonchev–Trinajstić information content (AvgIpc) is 3.12. The molecule has 1 aromatic carbocycles. The van der Waals surface area contributed by atoms with E-state index in [2.05, 4.69) is 35.1 Å². The molecule has 1 aliphatic rings. The maximum absolute atomic E-state index is 13.7. The smallest absolute Gasteiger partial charge is 0.251 e. The number of carbonyl (C=O) groups is 1. The molecular weight excluding hydrogens is 363 g/mol. The van der Waals surface area contributed by atoms with E-state index in [0.29, 0.717) is 30.1 Å². The Labute approximate surface area is 160 Å². The highest BCUT2D eigenvalue weighted by Gasteiger charge is 2.22. The fraction of sp³-hybridized carbons (Fsp3) is 0.333. The molecule has 0 atom stereocenters. The Kier molecular flexibility index (Phi) is 4.68. The maximum Gasteiger partial charge on any atom is 0.251 e. The van der Waals surface area contributed by atoms with Gasteiger partial charge in [-0.15, -0.1) is 0 Å². The second-order valence-electron chi connectivity index (χ2n) is 6.54. The fourth-order valence-corrected chi connectivity index (χ4v) is 3.31. The van der Waals surface area contributed by atoms with Crippen LogP contribution in [0.3, 0.4) is 0 Å². The second-order valence-corrected chi connectivity index (χ2v) is 6.54. The second kappa shape index (κ2) is 7.29. The number of hydrogen-bond donors (Lipinski definition) is 3. The summed E-state index contributed by atoms with van der Waals surface area (Å²) in [6.45, 7) is 5.68. The molecule has 9 nitrogen and oxygen atoms in total. The van der Waals surface area contributed by atoms with Gasteiger partial charge in [0.2, 0.25) is 5.95 Å². The number of hydrogen-bond acceptors (Lipinski definition) is 7. The van der Waals surface area contributed by atoms with Gasteiger partial charge in [0.05, 0.1) is 23.5 Å². The first kappa shape index (κ1) is 18.0. The molecule has 0 saturated carbocycles. The number of anilines is 3. The van der Waals surface area contributed by atoms with Crippen molar-refractivity contribution in [1.29, 1.82) is 0 Å². The van der Waals surface area contributed by atoms with Crippen LogP contribution in [0.1, 0.15) is 17.3 Å². The minimum atomic E-state index is -0.702. The van der Waals surface area contributed by atoms with Gasteiger partial charge in [-0.25, -0.2) is 19.3 Å². The van der Waals surface area contributed by atoms with Gasteiger partial charge in [0.1, 0.15) is 23.0 Å². The van der Waals surface area contributed by atoms with Gasteiger partial charge in [0.25, 0.3) is 5.91 Å². The lowest BCUT2D eigenvalue weighted by atomic mass is 10.1. The van der Waals surface area contributed by atoms with Gasteiger partial charge in [0, 0.05) is 32.7 Å². The summed E-state index contributed by atoms with van der Waals surface area (Å²) < 4.78 is 13.7. The third-order valence-electron chi connectivity index (χ3n) is 4.70. The number of nitrogens with one attached hydrogen (secondary N) is 2. The summed E-state index contributed by atoms with van der Waals surface area (Å²) in [6.07, 6.45) is 3.49. The molecule has 10 heteroatoms. The molecule has 3 heterocycles. The largest absolute Gasteiger partial charge is 0.369 e. The van der Waals surface area contributed by atoms with E-state index >= 15 is 0 Å². The number of H-pyrrole nitrogens is 1. The number of aromatic amines is 1. The zero-order chi connectivity index (χ0) is 19.7. The van der Waals surface area contributed by atoms with Gasteiger partial charge in [-0.3, -0.25) is 4.79 Å². The van der Waals surface area contributed by atoms with E-state index in [0.717, 1.165) is 37.3 Å². The Bertz CT molecular complexity index is 995. The van der Waals surface area contributed by atoms with Crippen molar-refractivity contribution in [2.75, 3.05) is 47.8 Å². The summed E-state index contributed by atoms with van der Waals surface area (Å²) in [4.78, 5) is 32.2. The minimum absolute atomic E-state index is 0.0761. The Balaban J connectivity index is 1.49. The molecule has 1 amide bonds. The van der Waals surface area contributed by atoms with Crippen molar-refractivity contribution < 1.29 is 9.18 Å². The zero-order valence-corrected chi connectivity index (χ0v) is 15.4. The van der Waals surface area contributed by atoms with Crippen LogP contribution < -0.4 is 20.9 Å². The molecule has 1 fully saturated rings. The van der Waals surface area contributed by atoms with Gasteiger partial charge in [-0.05, 0) is 19.1 Å². The summed E-state index contributed by atoms with van der Waals surface area (Å²) in [7, 11) is 0. The molecule has 0 bridgehead atoms. The third-order valence-corrected chi connectivity index (χ3v) is 4.70. The molecule has 4 N–H and O–H groups in total. The van der Waals surface area contributed by atoms with Crippen LogP contribution in [0.25, 0.3) is 11.0 Å². The summed E-state index contributed by atoms with van der Waals surface area (Å²) in [5, 5.41) is 3.12. The predicted molar refractivity (Wildman–Crippen MR) is 105 cm³/mol. The molecule has 0 unspecified atom stereocenters. The third kappa shape index (κ3) is 3.40. The number of carbonyl (C=O) groups excluding carboxylic acids is 1. The van der Waals surface area contributed by atoms with E-state index in [1.54, 1.807) is 12.4 Å². The predicted octanol–water partition coefficient (Wildman–Crippen LogP) is 1.35. The quantitative estimate of drug-likeness (QED) is 0.608. The molecule has 146 valence electrons. The molecule has 28 heavy (non-hydrogen) atoms. The van der Waals surface area contributed by atoms with Crippen LogP contribution in [0.2, 0.25) is 0 Å². The molecule has 0 spiro atoms. The molecule has 4 rings (SSSR count). The lowest BCUT2D eigenvalue weighted by Gasteiger charge is -2.35. The molecule has 1 saturated heterocycles.